The first-order valence-electron chi connectivity index (χ1n) is 5.08. The van der Waals surface area contributed by atoms with E-state index in [1.807, 2.05) is 13.0 Å². The van der Waals surface area contributed by atoms with Gasteiger partial charge in [0.1, 0.15) is 0 Å². The zero-order chi connectivity index (χ0) is 11.5. The van der Waals surface area contributed by atoms with Crippen molar-refractivity contribution in [3.05, 3.63) is 42.1 Å². The van der Waals surface area contributed by atoms with E-state index in [4.69, 9.17) is 0 Å². The molecule has 1 aromatic rings. The zero-order valence-electron chi connectivity index (χ0n) is 9.91. The van der Waals surface area contributed by atoms with E-state index in [9.17, 15) is 0 Å². The number of nitrogens with zero attached hydrogens (tertiary/aromatic N) is 2. The molecule has 15 heavy (non-hydrogen) atoms. The Morgan fingerprint density at radius 2 is 1.93 bits per heavy atom. The molecule has 0 aliphatic rings. The average molecular weight is 202 g/mol. The highest BCUT2D eigenvalue weighted by atomic mass is 15.1. The number of hydrogen-bond donors (Lipinski definition) is 0. The number of benzene rings is 1. The lowest BCUT2D eigenvalue weighted by atomic mass is 9.86. The first-order valence-corrected chi connectivity index (χ1v) is 5.08. The van der Waals surface area contributed by atoms with Gasteiger partial charge in [0, 0.05) is 6.20 Å². The summed E-state index contributed by atoms with van der Waals surface area (Å²) in [7, 11) is 0. The molecule has 0 fully saturated rings. The van der Waals surface area contributed by atoms with Crippen molar-refractivity contribution in [1.82, 2.24) is 0 Å². The van der Waals surface area contributed by atoms with E-state index < -0.39 is 0 Å². The van der Waals surface area contributed by atoms with Gasteiger partial charge in [-0.05, 0) is 29.5 Å². The number of aryl methyl sites for hydroxylation is 1. The Balaban J connectivity index is 3.09. The van der Waals surface area contributed by atoms with E-state index in [-0.39, 0.29) is 5.41 Å². The van der Waals surface area contributed by atoms with E-state index in [0.29, 0.717) is 0 Å². The Kier molecular flexibility index (Phi) is 3.40. The van der Waals surface area contributed by atoms with E-state index in [2.05, 4.69) is 49.7 Å². The van der Waals surface area contributed by atoms with Crippen molar-refractivity contribution in [2.75, 3.05) is 0 Å². The van der Waals surface area contributed by atoms with E-state index in [1.54, 1.807) is 0 Å². The second kappa shape index (κ2) is 4.39. The molecule has 0 amide bonds. The van der Waals surface area contributed by atoms with Crippen molar-refractivity contribution >= 4 is 5.69 Å². The summed E-state index contributed by atoms with van der Waals surface area (Å²) in [6, 6.07) is 6.27. The van der Waals surface area contributed by atoms with E-state index in [1.165, 1.54) is 11.8 Å². The molecule has 2 heteroatoms. The molecule has 0 unspecified atom stereocenters. The first kappa shape index (κ1) is 11.6. The van der Waals surface area contributed by atoms with Gasteiger partial charge in [0.05, 0.1) is 5.69 Å². The molecular formula is C13H18N2. The fourth-order valence-electron chi connectivity index (χ4n) is 1.34. The predicted molar refractivity (Wildman–Crippen MR) is 64.6 cm³/mol. The molecule has 80 valence electrons. The molecule has 0 saturated heterocycles. The van der Waals surface area contributed by atoms with Crippen LogP contribution < -0.4 is 0 Å². The van der Waals surface area contributed by atoms with Crippen molar-refractivity contribution in [2.45, 2.75) is 33.1 Å². The SMILES string of the molecule is C=C/N=N\c1ccc(C(C)(C)C)cc1C. The lowest BCUT2D eigenvalue weighted by molar-refractivity contribution is 0.590. The normalized spacial score (nSPS) is 12.0. The number of rotatable bonds is 2. The molecule has 0 aliphatic carbocycles. The number of hydrogen-bond acceptors (Lipinski definition) is 2. The third kappa shape index (κ3) is 3.01. The van der Waals surface area contributed by atoms with Crippen molar-refractivity contribution in [1.29, 1.82) is 0 Å². The molecule has 1 aromatic carbocycles. The minimum atomic E-state index is 0.179. The summed E-state index contributed by atoms with van der Waals surface area (Å²) in [4.78, 5) is 0. The number of azo groups is 1. The molecule has 2 nitrogen and oxygen atoms in total. The summed E-state index contributed by atoms with van der Waals surface area (Å²) < 4.78 is 0. The largest absolute Gasteiger partial charge is 0.159 e. The van der Waals surface area contributed by atoms with Crippen LogP contribution in [0.15, 0.2) is 41.2 Å². The Morgan fingerprint density at radius 1 is 1.27 bits per heavy atom. The lowest BCUT2D eigenvalue weighted by Gasteiger charge is -2.19. The standard InChI is InChI=1S/C13H18N2/c1-6-14-15-12-8-7-11(9-10(12)2)13(3,4)5/h6-9H,1H2,2-5H3/b15-14-. The summed E-state index contributed by atoms with van der Waals surface area (Å²) in [5.74, 6) is 0. The van der Waals surface area contributed by atoms with Gasteiger partial charge >= 0.3 is 0 Å². The maximum Gasteiger partial charge on any atom is 0.0886 e. The Labute approximate surface area is 91.7 Å². The molecule has 0 radical (unpaired) electrons. The smallest absolute Gasteiger partial charge is 0.0886 e. The minimum Gasteiger partial charge on any atom is -0.159 e. The van der Waals surface area contributed by atoms with Crippen LogP contribution in [0.25, 0.3) is 0 Å². The highest BCUT2D eigenvalue weighted by molar-refractivity contribution is 5.47. The van der Waals surface area contributed by atoms with Gasteiger partial charge in [-0.15, -0.1) is 0 Å². The molecule has 0 bridgehead atoms. The van der Waals surface area contributed by atoms with Gasteiger partial charge in [-0.25, -0.2) is 0 Å². The second-order valence-electron chi connectivity index (χ2n) is 4.65. The van der Waals surface area contributed by atoms with Crippen LogP contribution in [0.4, 0.5) is 5.69 Å². The third-order valence-corrected chi connectivity index (χ3v) is 2.31. The molecule has 0 heterocycles. The molecule has 0 aliphatic heterocycles. The van der Waals surface area contributed by atoms with Crippen LogP contribution in [-0.4, -0.2) is 0 Å². The average Bonchev–Trinajstić information content (AvgIpc) is 2.14. The minimum absolute atomic E-state index is 0.179. The van der Waals surface area contributed by atoms with Gasteiger partial charge in [-0.1, -0.05) is 39.5 Å². The molecule has 1 rings (SSSR count). The topological polar surface area (TPSA) is 24.7 Å². The van der Waals surface area contributed by atoms with Crippen molar-refractivity contribution < 1.29 is 0 Å². The van der Waals surface area contributed by atoms with Crippen LogP contribution >= 0.6 is 0 Å². The molecule has 0 saturated carbocycles. The van der Waals surface area contributed by atoms with Gasteiger partial charge in [0.25, 0.3) is 0 Å². The van der Waals surface area contributed by atoms with E-state index in [0.717, 1.165) is 11.3 Å². The maximum absolute atomic E-state index is 4.05. The second-order valence-corrected chi connectivity index (χ2v) is 4.65. The van der Waals surface area contributed by atoms with Gasteiger partial charge < -0.3 is 0 Å². The highest BCUT2D eigenvalue weighted by Gasteiger charge is 2.14. The van der Waals surface area contributed by atoms with Gasteiger partial charge in [0.15, 0.2) is 0 Å². The fourth-order valence-corrected chi connectivity index (χ4v) is 1.34. The Morgan fingerprint density at radius 3 is 2.40 bits per heavy atom. The van der Waals surface area contributed by atoms with Gasteiger partial charge in [-0.2, -0.15) is 10.2 Å². The fraction of sp³-hybridized carbons (Fsp3) is 0.385. The summed E-state index contributed by atoms with van der Waals surface area (Å²) >= 11 is 0. The molecular weight excluding hydrogens is 184 g/mol. The Hall–Kier alpha value is -1.44. The lowest BCUT2D eigenvalue weighted by Crippen LogP contribution is -2.10. The molecule has 0 aromatic heterocycles. The van der Waals surface area contributed by atoms with Crippen LogP contribution in [0, 0.1) is 6.92 Å². The Bertz CT molecular complexity index is 384. The van der Waals surface area contributed by atoms with Crippen molar-refractivity contribution in [3.8, 4) is 0 Å². The quantitative estimate of drug-likeness (QED) is 0.630. The maximum atomic E-state index is 4.05. The summed E-state index contributed by atoms with van der Waals surface area (Å²) in [5, 5.41) is 7.84. The predicted octanol–water partition coefficient (Wildman–Crippen LogP) is 4.52. The highest BCUT2D eigenvalue weighted by Crippen LogP contribution is 2.27. The van der Waals surface area contributed by atoms with Crippen LogP contribution in [0.3, 0.4) is 0 Å². The monoisotopic (exact) mass is 202 g/mol. The van der Waals surface area contributed by atoms with Crippen molar-refractivity contribution in [3.63, 3.8) is 0 Å². The van der Waals surface area contributed by atoms with Crippen LogP contribution in [-0.2, 0) is 5.41 Å². The molecule has 0 spiro atoms. The van der Waals surface area contributed by atoms with E-state index >= 15 is 0 Å². The van der Waals surface area contributed by atoms with Gasteiger partial charge in [-0.3, -0.25) is 0 Å². The molecule has 0 atom stereocenters. The third-order valence-electron chi connectivity index (χ3n) is 2.31. The summed E-state index contributed by atoms with van der Waals surface area (Å²) in [5.41, 5.74) is 3.55. The summed E-state index contributed by atoms with van der Waals surface area (Å²) in [6.07, 6.45) is 1.44. The van der Waals surface area contributed by atoms with Crippen LogP contribution in [0.1, 0.15) is 31.9 Å². The van der Waals surface area contributed by atoms with Crippen LogP contribution in [0.5, 0.6) is 0 Å². The van der Waals surface area contributed by atoms with Crippen LogP contribution in [0.2, 0.25) is 0 Å². The van der Waals surface area contributed by atoms with Crippen molar-refractivity contribution in [2.24, 2.45) is 10.2 Å². The zero-order valence-corrected chi connectivity index (χ0v) is 9.91. The first-order chi connectivity index (χ1) is 6.95. The molecule has 0 N–H and O–H groups in total. The summed E-state index contributed by atoms with van der Waals surface area (Å²) in [6.45, 7) is 12.2. The van der Waals surface area contributed by atoms with Gasteiger partial charge in [0.2, 0.25) is 0 Å².